The van der Waals surface area contributed by atoms with Crippen LogP contribution in [0.4, 0.5) is 5.69 Å². The van der Waals surface area contributed by atoms with E-state index in [2.05, 4.69) is 4.74 Å². The molecule has 1 aromatic carbocycles. The molecule has 0 unspecified atom stereocenters. The molecule has 0 aliphatic rings. The van der Waals surface area contributed by atoms with Gasteiger partial charge in [0.25, 0.3) is 5.69 Å². The van der Waals surface area contributed by atoms with Crippen LogP contribution in [-0.4, -0.2) is 18.0 Å². The molecular weight excluding hydrogens is 210 g/mol. The van der Waals surface area contributed by atoms with Crippen molar-refractivity contribution in [1.29, 1.82) is 0 Å². The molecule has 1 aromatic rings. The summed E-state index contributed by atoms with van der Waals surface area (Å²) in [7, 11) is 1.29. The highest BCUT2D eigenvalue weighted by molar-refractivity contribution is 6.16. The van der Waals surface area contributed by atoms with Crippen LogP contribution >= 0.6 is 0 Å². The van der Waals surface area contributed by atoms with Gasteiger partial charge in [-0.2, -0.15) is 0 Å². The standard InChI is InChI=1S/C11H11NO4/c1-3-10(11(13)16-2)8-4-6-9(7-5-8)12(14)15/h3-7H,1-2H3. The van der Waals surface area contributed by atoms with Crippen molar-refractivity contribution in [1.82, 2.24) is 0 Å². The number of nitro groups is 1. The van der Waals surface area contributed by atoms with E-state index in [4.69, 9.17) is 0 Å². The molecule has 0 bridgehead atoms. The fourth-order valence-corrected chi connectivity index (χ4v) is 1.28. The first-order valence-electron chi connectivity index (χ1n) is 4.59. The van der Waals surface area contributed by atoms with Gasteiger partial charge >= 0.3 is 5.97 Å². The van der Waals surface area contributed by atoms with Crippen LogP contribution in [0.2, 0.25) is 0 Å². The first-order valence-corrected chi connectivity index (χ1v) is 4.59. The van der Waals surface area contributed by atoms with Crippen molar-refractivity contribution in [3.05, 3.63) is 46.0 Å². The quantitative estimate of drug-likeness (QED) is 0.339. The van der Waals surface area contributed by atoms with Crippen LogP contribution < -0.4 is 0 Å². The SMILES string of the molecule is CC=C(C(=O)OC)c1ccc([N+](=O)[O-])cc1. The minimum absolute atomic E-state index is 0.0101. The number of hydrogen-bond donors (Lipinski definition) is 0. The summed E-state index contributed by atoms with van der Waals surface area (Å²) in [5, 5.41) is 10.4. The molecule has 0 heterocycles. The number of rotatable bonds is 3. The molecule has 0 amide bonds. The Morgan fingerprint density at radius 2 is 1.94 bits per heavy atom. The van der Waals surface area contributed by atoms with Crippen molar-refractivity contribution in [2.24, 2.45) is 0 Å². The second kappa shape index (κ2) is 5.06. The first-order chi connectivity index (χ1) is 7.60. The van der Waals surface area contributed by atoms with Gasteiger partial charge in [-0.15, -0.1) is 0 Å². The molecule has 16 heavy (non-hydrogen) atoms. The van der Waals surface area contributed by atoms with Crippen LogP contribution in [0.1, 0.15) is 12.5 Å². The number of benzene rings is 1. The number of non-ortho nitro benzene ring substituents is 1. The van der Waals surface area contributed by atoms with Gasteiger partial charge in [-0.05, 0) is 24.6 Å². The van der Waals surface area contributed by atoms with E-state index in [1.165, 1.54) is 31.4 Å². The summed E-state index contributed by atoms with van der Waals surface area (Å²) in [6, 6.07) is 5.73. The van der Waals surface area contributed by atoms with E-state index in [1.54, 1.807) is 13.0 Å². The van der Waals surface area contributed by atoms with Crippen LogP contribution in [0.3, 0.4) is 0 Å². The molecule has 0 aliphatic heterocycles. The highest BCUT2D eigenvalue weighted by Gasteiger charge is 2.12. The number of ether oxygens (including phenoxy) is 1. The Morgan fingerprint density at radius 1 is 1.38 bits per heavy atom. The van der Waals surface area contributed by atoms with Crippen molar-refractivity contribution >= 4 is 17.2 Å². The Kier molecular flexibility index (Phi) is 3.77. The molecule has 0 fully saturated rings. The van der Waals surface area contributed by atoms with Gasteiger partial charge in [0, 0.05) is 12.1 Å². The minimum atomic E-state index is -0.489. The van der Waals surface area contributed by atoms with Crippen molar-refractivity contribution in [2.45, 2.75) is 6.92 Å². The van der Waals surface area contributed by atoms with Gasteiger partial charge in [0.2, 0.25) is 0 Å². The lowest BCUT2D eigenvalue weighted by Crippen LogP contribution is -2.03. The average molecular weight is 221 g/mol. The predicted molar refractivity (Wildman–Crippen MR) is 58.8 cm³/mol. The summed E-state index contributed by atoms with van der Waals surface area (Å²) in [5.41, 5.74) is 0.974. The average Bonchev–Trinajstić information content (AvgIpc) is 2.30. The Hall–Kier alpha value is -2.17. The van der Waals surface area contributed by atoms with Gasteiger partial charge in [0.15, 0.2) is 0 Å². The third-order valence-corrected chi connectivity index (χ3v) is 2.08. The van der Waals surface area contributed by atoms with Crippen LogP contribution in [0, 0.1) is 10.1 Å². The maximum Gasteiger partial charge on any atom is 0.338 e. The summed E-state index contributed by atoms with van der Waals surface area (Å²) >= 11 is 0. The number of allylic oxidation sites excluding steroid dienone is 1. The largest absolute Gasteiger partial charge is 0.465 e. The van der Waals surface area contributed by atoms with Gasteiger partial charge in [0.05, 0.1) is 17.6 Å². The lowest BCUT2D eigenvalue weighted by molar-refractivity contribution is -0.384. The first kappa shape index (κ1) is 11.9. The fourth-order valence-electron chi connectivity index (χ4n) is 1.28. The molecule has 0 N–H and O–H groups in total. The molecule has 1 rings (SSSR count). The molecule has 0 radical (unpaired) electrons. The summed E-state index contributed by atoms with van der Waals surface area (Å²) in [6.07, 6.45) is 1.60. The van der Waals surface area contributed by atoms with Gasteiger partial charge in [-0.1, -0.05) is 6.08 Å². The van der Waals surface area contributed by atoms with E-state index in [0.717, 1.165) is 0 Å². The van der Waals surface area contributed by atoms with Crippen LogP contribution in [-0.2, 0) is 9.53 Å². The number of hydrogen-bond acceptors (Lipinski definition) is 4. The number of carbonyl (C=O) groups excluding carboxylic acids is 1. The summed E-state index contributed by atoms with van der Waals surface area (Å²) < 4.78 is 4.59. The molecule has 0 saturated heterocycles. The number of esters is 1. The summed E-state index contributed by atoms with van der Waals surface area (Å²) in [5.74, 6) is -0.462. The molecule has 0 spiro atoms. The van der Waals surface area contributed by atoms with Crippen molar-refractivity contribution < 1.29 is 14.5 Å². The van der Waals surface area contributed by atoms with Crippen LogP contribution in [0.15, 0.2) is 30.3 Å². The number of carbonyl (C=O) groups is 1. The third kappa shape index (κ3) is 2.44. The third-order valence-electron chi connectivity index (χ3n) is 2.08. The van der Waals surface area contributed by atoms with Crippen molar-refractivity contribution in [2.75, 3.05) is 7.11 Å². The zero-order chi connectivity index (χ0) is 12.1. The van der Waals surface area contributed by atoms with Gasteiger partial charge in [0.1, 0.15) is 0 Å². The molecule has 0 saturated carbocycles. The molecule has 0 atom stereocenters. The Labute approximate surface area is 92.5 Å². The van der Waals surface area contributed by atoms with E-state index in [0.29, 0.717) is 11.1 Å². The second-order valence-corrected chi connectivity index (χ2v) is 3.00. The Bertz CT molecular complexity index is 434. The monoisotopic (exact) mass is 221 g/mol. The van der Waals surface area contributed by atoms with Crippen LogP contribution in [0.5, 0.6) is 0 Å². The topological polar surface area (TPSA) is 69.4 Å². The zero-order valence-corrected chi connectivity index (χ0v) is 8.97. The van der Waals surface area contributed by atoms with E-state index < -0.39 is 10.9 Å². The highest BCUT2D eigenvalue weighted by Crippen LogP contribution is 2.19. The minimum Gasteiger partial charge on any atom is -0.465 e. The Morgan fingerprint density at radius 3 is 2.31 bits per heavy atom. The Balaban J connectivity index is 3.05. The molecular formula is C11H11NO4. The lowest BCUT2D eigenvalue weighted by atomic mass is 10.1. The lowest BCUT2D eigenvalue weighted by Gasteiger charge is -2.04. The number of methoxy groups -OCH3 is 1. The summed E-state index contributed by atoms with van der Waals surface area (Å²) in [4.78, 5) is 21.3. The summed E-state index contributed by atoms with van der Waals surface area (Å²) in [6.45, 7) is 1.70. The molecule has 84 valence electrons. The molecule has 0 aromatic heterocycles. The van der Waals surface area contributed by atoms with Gasteiger partial charge in [-0.25, -0.2) is 4.79 Å². The van der Waals surface area contributed by atoms with Gasteiger partial charge in [-0.3, -0.25) is 10.1 Å². The van der Waals surface area contributed by atoms with E-state index >= 15 is 0 Å². The van der Waals surface area contributed by atoms with Gasteiger partial charge < -0.3 is 4.74 Å². The molecule has 5 nitrogen and oxygen atoms in total. The number of nitrogens with zero attached hydrogens (tertiary/aromatic N) is 1. The van der Waals surface area contributed by atoms with Crippen molar-refractivity contribution in [3.8, 4) is 0 Å². The zero-order valence-electron chi connectivity index (χ0n) is 8.97. The molecule has 0 aliphatic carbocycles. The van der Waals surface area contributed by atoms with Crippen molar-refractivity contribution in [3.63, 3.8) is 0 Å². The van der Waals surface area contributed by atoms with E-state index in [1.807, 2.05) is 0 Å². The maximum absolute atomic E-state index is 11.3. The highest BCUT2D eigenvalue weighted by atomic mass is 16.6. The van der Waals surface area contributed by atoms with E-state index in [9.17, 15) is 14.9 Å². The number of nitro benzene ring substituents is 1. The molecule has 5 heteroatoms. The smallest absolute Gasteiger partial charge is 0.338 e. The normalized spacial score (nSPS) is 11.0. The van der Waals surface area contributed by atoms with E-state index in [-0.39, 0.29) is 5.69 Å². The second-order valence-electron chi connectivity index (χ2n) is 3.00. The maximum atomic E-state index is 11.3. The fraction of sp³-hybridized carbons (Fsp3) is 0.182. The van der Waals surface area contributed by atoms with Crippen LogP contribution in [0.25, 0.3) is 5.57 Å². The predicted octanol–water partition coefficient (Wildman–Crippen LogP) is 2.17.